The van der Waals surface area contributed by atoms with E-state index in [9.17, 15) is 0 Å². The second-order valence-electron chi connectivity index (χ2n) is 4.95. The van der Waals surface area contributed by atoms with Crippen LogP contribution in [0.2, 0.25) is 0 Å². The zero-order valence-electron chi connectivity index (χ0n) is 9.03. The van der Waals surface area contributed by atoms with Gasteiger partial charge in [0, 0.05) is 13.0 Å². The number of hydrogen-bond donors (Lipinski definition) is 0. The maximum absolute atomic E-state index is 5.99. The average Bonchev–Trinajstić information content (AvgIpc) is 2.03. The molecule has 0 bridgehead atoms. The molecule has 0 aliphatic heterocycles. The monoisotopic (exact) mass is 204 g/mol. The molecule has 0 atom stereocenters. The fraction of sp³-hybridized carbons (Fsp3) is 1.00. The molecule has 0 unspecified atom stereocenters. The first-order valence-electron chi connectivity index (χ1n) is 5.15. The van der Waals surface area contributed by atoms with E-state index in [2.05, 4.69) is 13.8 Å². The molecule has 0 saturated heterocycles. The van der Waals surface area contributed by atoms with E-state index in [-0.39, 0.29) is 5.60 Å². The minimum Gasteiger partial charge on any atom is -0.379 e. The molecule has 2 heteroatoms. The van der Waals surface area contributed by atoms with Gasteiger partial charge >= 0.3 is 0 Å². The minimum atomic E-state index is 0.0225. The molecule has 78 valence electrons. The highest BCUT2D eigenvalue weighted by Crippen LogP contribution is 2.46. The van der Waals surface area contributed by atoms with Gasteiger partial charge in [0.15, 0.2) is 0 Å². The highest BCUT2D eigenvalue weighted by atomic mass is 35.5. The van der Waals surface area contributed by atoms with Gasteiger partial charge in [0.25, 0.3) is 0 Å². The first kappa shape index (κ1) is 11.3. The smallest absolute Gasteiger partial charge is 0.0623 e. The molecular weight excluding hydrogens is 184 g/mol. The van der Waals surface area contributed by atoms with E-state index < -0.39 is 0 Å². The average molecular weight is 205 g/mol. The molecule has 1 fully saturated rings. The van der Waals surface area contributed by atoms with E-state index in [0.717, 1.165) is 12.3 Å². The van der Waals surface area contributed by atoms with Gasteiger partial charge in [-0.15, -0.1) is 11.6 Å². The Morgan fingerprint density at radius 2 is 2.00 bits per heavy atom. The molecule has 1 aliphatic carbocycles. The Bertz CT molecular complexity index is 156. The number of hydrogen-bond acceptors (Lipinski definition) is 1. The predicted octanol–water partition coefficient (Wildman–Crippen LogP) is 3.60. The molecule has 1 rings (SSSR count). The van der Waals surface area contributed by atoms with Gasteiger partial charge in [0.05, 0.1) is 5.60 Å². The van der Waals surface area contributed by atoms with Crippen LogP contribution in [-0.2, 0) is 4.74 Å². The summed E-state index contributed by atoms with van der Waals surface area (Å²) >= 11 is 5.99. The highest BCUT2D eigenvalue weighted by Gasteiger charge is 2.37. The number of alkyl halides is 1. The second-order valence-corrected chi connectivity index (χ2v) is 5.22. The lowest BCUT2D eigenvalue weighted by molar-refractivity contribution is -0.00339. The van der Waals surface area contributed by atoms with Crippen molar-refractivity contribution >= 4 is 11.6 Å². The first-order chi connectivity index (χ1) is 6.04. The zero-order chi connectivity index (χ0) is 9.95. The van der Waals surface area contributed by atoms with Crippen LogP contribution in [-0.4, -0.2) is 18.6 Å². The molecule has 1 nitrogen and oxygen atoms in total. The Balaban J connectivity index is 2.32. The van der Waals surface area contributed by atoms with Crippen LogP contribution in [0.3, 0.4) is 0 Å². The van der Waals surface area contributed by atoms with E-state index in [1.54, 1.807) is 7.11 Å². The maximum atomic E-state index is 5.99. The highest BCUT2D eigenvalue weighted by molar-refractivity contribution is 6.18. The van der Waals surface area contributed by atoms with Gasteiger partial charge in [-0.3, -0.25) is 0 Å². The van der Waals surface area contributed by atoms with Crippen LogP contribution in [0.25, 0.3) is 0 Å². The van der Waals surface area contributed by atoms with Crippen molar-refractivity contribution in [1.82, 2.24) is 0 Å². The third-order valence-corrected chi connectivity index (χ3v) is 4.07. The first-order valence-corrected chi connectivity index (χ1v) is 5.68. The van der Waals surface area contributed by atoms with Crippen LogP contribution in [0, 0.1) is 5.41 Å². The summed E-state index contributed by atoms with van der Waals surface area (Å²) in [5, 5.41) is 0. The van der Waals surface area contributed by atoms with Gasteiger partial charge in [-0.2, -0.15) is 0 Å². The van der Waals surface area contributed by atoms with Crippen LogP contribution in [0.4, 0.5) is 0 Å². The molecule has 0 amide bonds. The Morgan fingerprint density at radius 1 is 1.38 bits per heavy atom. The van der Waals surface area contributed by atoms with E-state index in [1.165, 1.54) is 25.7 Å². The molecule has 0 radical (unpaired) electrons. The third-order valence-electron chi connectivity index (χ3n) is 3.51. The van der Waals surface area contributed by atoms with Crippen molar-refractivity contribution in [3.05, 3.63) is 0 Å². The molecule has 0 aromatic carbocycles. The molecule has 0 N–H and O–H groups in total. The summed E-state index contributed by atoms with van der Waals surface area (Å²) in [5.74, 6) is 0.826. The van der Waals surface area contributed by atoms with Gasteiger partial charge < -0.3 is 4.74 Å². The van der Waals surface area contributed by atoms with Gasteiger partial charge in [-0.05, 0) is 44.9 Å². The summed E-state index contributed by atoms with van der Waals surface area (Å²) in [5.41, 5.74) is 0.478. The number of halogens is 1. The van der Waals surface area contributed by atoms with Crippen molar-refractivity contribution in [3.63, 3.8) is 0 Å². The summed E-state index contributed by atoms with van der Waals surface area (Å²) in [4.78, 5) is 0. The van der Waals surface area contributed by atoms with Crippen molar-refractivity contribution in [2.75, 3.05) is 13.0 Å². The van der Waals surface area contributed by atoms with Crippen molar-refractivity contribution < 1.29 is 4.74 Å². The van der Waals surface area contributed by atoms with Gasteiger partial charge in [0.2, 0.25) is 0 Å². The van der Waals surface area contributed by atoms with E-state index in [1.807, 2.05) is 0 Å². The van der Waals surface area contributed by atoms with Crippen LogP contribution in [0.15, 0.2) is 0 Å². The molecule has 0 aromatic heterocycles. The zero-order valence-corrected chi connectivity index (χ0v) is 9.78. The Kier molecular flexibility index (Phi) is 3.64. The van der Waals surface area contributed by atoms with Gasteiger partial charge in [-0.25, -0.2) is 0 Å². The lowest BCUT2D eigenvalue weighted by atomic mass is 9.66. The fourth-order valence-corrected chi connectivity index (χ4v) is 2.20. The molecule has 0 spiro atoms. The fourth-order valence-electron chi connectivity index (χ4n) is 1.80. The SMILES string of the molecule is COC(C)(C)CCC1(CCl)CCC1. The summed E-state index contributed by atoms with van der Waals surface area (Å²) in [6, 6.07) is 0. The molecule has 1 saturated carbocycles. The van der Waals surface area contributed by atoms with Crippen LogP contribution < -0.4 is 0 Å². The quantitative estimate of drug-likeness (QED) is 0.622. The van der Waals surface area contributed by atoms with E-state index in [0.29, 0.717) is 5.41 Å². The maximum Gasteiger partial charge on any atom is 0.0623 e. The summed E-state index contributed by atoms with van der Waals surface area (Å²) < 4.78 is 5.40. The molecule has 0 heterocycles. The summed E-state index contributed by atoms with van der Waals surface area (Å²) in [6.07, 6.45) is 6.33. The molecule has 13 heavy (non-hydrogen) atoms. The Labute approximate surface area is 86.8 Å². The van der Waals surface area contributed by atoms with Crippen LogP contribution >= 0.6 is 11.6 Å². The van der Waals surface area contributed by atoms with Gasteiger partial charge in [0.1, 0.15) is 0 Å². The van der Waals surface area contributed by atoms with E-state index >= 15 is 0 Å². The Hall–Kier alpha value is 0.250. The standard InChI is InChI=1S/C11H21ClO/c1-10(2,13-3)7-8-11(9-12)5-4-6-11/h4-9H2,1-3H3. The lowest BCUT2D eigenvalue weighted by Crippen LogP contribution is -2.34. The topological polar surface area (TPSA) is 9.23 Å². The van der Waals surface area contributed by atoms with Crippen LogP contribution in [0.1, 0.15) is 46.0 Å². The van der Waals surface area contributed by atoms with Gasteiger partial charge in [-0.1, -0.05) is 6.42 Å². The van der Waals surface area contributed by atoms with Crippen molar-refractivity contribution in [2.45, 2.75) is 51.6 Å². The molecule has 0 aromatic rings. The lowest BCUT2D eigenvalue weighted by Gasteiger charge is -2.42. The number of ether oxygens (including phenoxy) is 1. The Morgan fingerprint density at radius 3 is 2.31 bits per heavy atom. The van der Waals surface area contributed by atoms with E-state index in [4.69, 9.17) is 16.3 Å². The third kappa shape index (κ3) is 2.85. The largest absolute Gasteiger partial charge is 0.379 e. The van der Waals surface area contributed by atoms with Crippen molar-refractivity contribution in [3.8, 4) is 0 Å². The molecular formula is C11H21ClO. The van der Waals surface area contributed by atoms with Crippen molar-refractivity contribution in [1.29, 1.82) is 0 Å². The van der Waals surface area contributed by atoms with Crippen molar-refractivity contribution in [2.24, 2.45) is 5.41 Å². The molecule has 1 aliphatic rings. The normalized spacial score (nSPS) is 21.2. The summed E-state index contributed by atoms with van der Waals surface area (Å²) in [6.45, 7) is 4.29. The minimum absolute atomic E-state index is 0.0225. The number of methoxy groups -OCH3 is 1. The second kappa shape index (κ2) is 4.18. The van der Waals surface area contributed by atoms with Crippen LogP contribution in [0.5, 0.6) is 0 Å². The predicted molar refractivity (Wildman–Crippen MR) is 57.3 cm³/mol. The summed E-state index contributed by atoms with van der Waals surface area (Å²) in [7, 11) is 1.79. The number of rotatable bonds is 5.